The van der Waals surface area contributed by atoms with Crippen molar-refractivity contribution in [3.05, 3.63) is 108 Å². The molecule has 0 aromatic heterocycles. The number of amides is 3. The smallest absolute Gasteiger partial charge is 0.286 e. The highest BCUT2D eigenvalue weighted by Crippen LogP contribution is 2.54. The topological polar surface area (TPSA) is 66.5 Å². The molecule has 3 amide bonds. The van der Waals surface area contributed by atoms with Gasteiger partial charge >= 0.3 is 11.8 Å². The van der Waals surface area contributed by atoms with Gasteiger partial charge in [-0.1, -0.05) is 91.0 Å². The average Bonchev–Trinajstić information content (AvgIpc) is 2.79. The summed E-state index contributed by atoms with van der Waals surface area (Å²) in [4.78, 5) is 35.9. The molecule has 1 saturated heterocycles. The van der Waals surface area contributed by atoms with E-state index in [1.165, 1.54) is 15.1 Å². The van der Waals surface area contributed by atoms with Crippen molar-refractivity contribution >= 4 is 39.5 Å². The molecular formula is C23H18N2O3S2. The first kappa shape index (κ1) is 20.3. The quantitative estimate of drug-likeness (QED) is 0.210. The van der Waals surface area contributed by atoms with E-state index in [-0.39, 0.29) is 6.54 Å². The van der Waals surface area contributed by atoms with Crippen LogP contribution in [0, 0.1) is 0 Å². The minimum atomic E-state index is -0.899. The molecule has 0 saturated carbocycles. The molecular weight excluding hydrogens is 416 g/mol. The van der Waals surface area contributed by atoms with Crippen molar-refractivity contribution < 1.29 is 14.4 Å². The summed E-state index contributed by atoms with van der Waals surface area (Å²) in [6.45, 7) is -0.170. The number of rotatable bonds is 6. The molecule has 0 unspecified atom stereocenters. The van der Waals surface area contributed by atoms with Gasteiger partial charge in [-0.2, -0.15) is 0 Å². The molecule has 1 aliphatic heterocycles. The van der Waals surface area contributed by atoms with Crippen LogP contribution in [0.4, 0.5) is 0 Å². The summed E-state index contributed by atoms with van der Waals surface area (Å²) in [5.41, 5.74) is 3.08. The fourth-order valence-corrected chi connectivity index (χ4v) is 6.41. The van der Waals surface area contributed by atoms with Crippen LogP contribution >= 0.6 is 21.8 Å². The second kappa shape index (κ2) is 8.77. The number of carbonyl (C=O) groups is 3. The highest BCUT2D eigenvalue weighted by molar-refractivity contribution is 8.76. The van der Waals surface area contributed by atoms with Crippen LogP contribution in [0.3, 0.4) is 0 Å². The molecule has 30 heavy (non-hydrogen) atoms. The van der Waals surface area contributed by atoms with Gasteiger partial charge in [0.15, 0.2) is 0 Å². The molecule has 5 nitrogen and oxygen atoms in total. The fraction of sp³-hybridized carbons (Fsp3) is 0.0870. The molecule has 150 valence electrons. The minimum absolute atomic E-state index is 0.170. The highest BCUT2D eigenvalue weighted by Gasteiger charge is 2.40. The normalized spacial score (nSPS) is 14.5. The molecule has 0 bridgehead atoms. The highest BCUT2D eigenvalue weighted by atomic mass is 33.1. The van der Waals surface area contributed by atoms with Crippen LogP contribution in [0.5, 0.6) is 0 Å². The summed E-state index contributed by atoms with van der Waals surface area (Å²) >= 11 is 0. The van der Waals surface area contributed by atoms with Crippen LogP contribution in [0.2, 0.25) is 0 Å². The van der Waals surface area contributed by atoms with Crippen LogP contribution in [-0.4, -0.2) is 28.6 Å². The largest absolute Gasteiger partial charge is 0.323 e. The van der Waals surface area contributed by atoms with Crippen molar-refractivity contribution in [3.63, 3.8) is 0 Å². The predicted octanol–water partition coefficient (Wildman–Crippen LogP) is 3.76. The molecule has 0 aliphatic carbocycles. The number of hydrogen-bond donors (Lipinski definition) is 1. The van der Waals surface area contributed by atoms with Gasteiger partial charge in [-0.3, -0.25) is 24.0 Å². The van der Waals surface area contributed by atoms with Crippen molar-refractivity contribution in [3.8, 4) is 0 Å². The molecule has 0 radical (unpaired) electrons. The molecule has 3 aromatic rings. The Kier molecular flexibility index (Phi) is 5.92. The second-order valence-corrected chi connectivity index (χ2v) is 8.97. The van der Waals surface area contributed by atoms with Gasteiger partial charge in [0.25, 0.3) is 0 Å². The molecule has 1 aliphatic rings. The Morgan fingerprint density at radius 2 is 1.13 bits per heavy atom. The Morgan fingerprint density at radius 3 is 1.57 bits per heavy atom. The standard InChI is InChI=1S/C23H18N2O3S2/c26-20-16-25(22(28)21(27)24-20)30-29-23(17-10-4-1-5-11-17,18-12-6-2-7-13-18)19-14-8-3-9-15-19/h1-15H,16H2,(H,24,26,27). The first-order chi connectivity index (χ1) is 14.6. The minimum Gasteiger partial charge on any atom is -0.286 e. The lowest BCUT2D eigenvalue weighted by molar-refractivity contribution is -0.149. The van der Waals surface area contributed by atoms with E-state index in [1.54, 1.807) is 0 Å². The van der Waals surface area contributed by atoms with Crippen LogP contribution < -0.4 is 5.32 Å². The first-order valence-electron chi connectivity index (χ1n) is 9.29. The number of piperazine rings is 1. The average molecular weight is 435 g/mol. The van der Waals surface area contributed by atoms with E-state index in [9.17, 15) is 14.4 Å². The van der Waals surface area contributed by atoms with Gasteiger partial charge in [-0.15, -0.1) is 0 Å². The third-order valence-corrected chi connectivity index (χ3v) is 7.77. The van der Waals surface area contributed by atoms with Crippen LogP contribution in [0.1, 0.15) is 16.7 Å². The number of nitrogens with zero attached hydrogens (tertiary/aromatic N) is 1. The Bertz CT molecular complexity index is 963. The lowest BCUT2D eigenvalue weighted by Crippen LogP contribution is -2.52. The Balaban J connectivity index is 1.82. The van der Waals surface area contributed by atoms with Gasteiger partial charge in [0.2, 0.25) is 5.91 Å². The molecule has 1 N–H and O–H groups in total. The van der Waals surface area contributed by atoms with Gasteiger partial charge in [0, 0.05) is 11.0 Å². The molecule has 0 atom stereocenters. The maximum atomic E-state index is 12.3. The SMILES string of the molecule is O=C1CN(SSC(c2ccccc2)(c2ccccc2)c2ccccc2)C(=O)C(=O)N1. The number of hydrogen-bond acceptors (Lipinski definition) is 5. The zero-order valence-electron chi connectivity index (χ0n) is 15.9. The maximum absolute atomic E-state index is 12.3. The Labute approximate surface area is 182 Å². The number of carbonyl (C=O) groups excluding carboxylic acids is 3. The van der Waals surface area contributed by atoms with Gasteiger partial charge in [-0.05, 0) is 27.5 Å². The number of benzene rings is 3. The van der Waals surface area contributed by atoms with Gasteiger partial charge in [-0.25, -0.2) is 0 Å². The summed E-state index contributed by atoms with van der Waals surface area (Å²) in [6, 6.07) is 30.0. The summed E-state index contributed by atoms with van der Waals surface area (Å²) in [6.07, 6.45) is 0. The van der Waals surface area contributed by atoms with Gasteiger partial charge in [0.1, 0.15) is 11.3 Å². The third kappa shape index (κ3) is 3.86. The zero-order valence-corrected chi connectivity index (χ0v) is 17.5. The third-order valence-electron chi connectivity index (χ3n) is 4.75. The lowest BCUT2D eigenvalue weighted by atomic mass is 9.84. The summed E-state index contributed by atoms with van der Waals surface area (Å²) in [5.74, 6) is -2.11. The molecule has 4 rings (SSSR count). The van der Waals surface area contributed by atoms with E-state index < -0.39 is 22.5 Å². The van der Waals surface area contributed by atoms with Crippen molar-refractivity contribution in [1.82, 2.24) is 9.62 Å². The molecule has 0 spiro atoms. The second-order valence-electron chi connectivity index (χ2n) is 6.66. The van der Waals surface area contributed by atoms with Crippen LogP contribution in [-0.2, 0) is 19.1 Å². The Hall–Kier alpha value is -3.03. The van der Waals surface area contributed by atoms with E-state index in [4.69, 9.17) is 0 Å². The maximum Gasteiger partial charge on any atom is 0.323 e. The van der Waals surface area contributed by atoms with Gasteiger partial charge < -0.3 is 0 Å². The zero-order chi connectivity index (χ0) is 21.0. The van der Waals surface area contributed by atoms with Crippen molar-refractivity contribution in [2.45, 2.75) is 4.75 Å². The summed E-state index contributed by atoms with van der Waals surface area (Å²) in [5, 5.41) is 2.06. The van der Waals surface area contributed by atoms with E-state index >= 15 is 0 Å². The van der Waals surface area contributed by atoms with E-state index in [1.807, 2.05) is 91.0 Å². The monoisotopic (exact) mass is 434 g/mol. The van der Waals surface area contributed by atoms with Crippen molar-refractivity contribution in [2.75, 3.05) is 6.54 Å². The first-order valence-corrected chi connectivity index (χ1v) is 11.4. The molecule has 1 fully saturated rings. The molecule has 7 heteroatoms. The Morgan fingerprint density at radius 1 is 0.700 bits per heavy atom. The van der Waals surface area contributed by atoms with Crippen LogP contribution in [0.15, 0.2) is 91.0 Å². The summed E-state index contributed by atoms with van der Waals surface area (Å²) < 4.78 is 0.557. The van der Waals surface area contributed by atoms with E-state index in [0.29, 0.717) is 0 Å². The van der Waals surface area contributed by atoms with Crippen molar-refractivity contribution in [1.29, 1.82) is 0 Å². The van der Waals surface area contributed by atoms with Crippen LogP contribution in [0.25, 0.3) is 0 Å². The summed E-state index contributed by atoms with van der Waals surface area (Å²) in [7, 11) is 2.56. The predicted molar refractivity (Wildman–Crippen MR) is 119 cm³/mol. The van der Waals surface area contributed by atoms with E-state index in [2.05, 4.69) is 5.32 Å². The number of imide groups is 1. The molecule has 3 aromatic carbocycles. The molecule has 1 heterocycles. The number of nitrogens with one attached hydrogen (secondary N) is 1. The van der Waals surface area contributed by atoms with Gasteiger partial charge in [0.05, 0.1) is 0 Å². The van der Waals surface area contributed by atoms with E-state index in [0.717, 1.165) is 27.7 Å². The van der Waals surface area contributed by atoms with Crippen molar-refractivity contribution in [2.24, 2.45) is 0 Å². The fourth-order valence-electron chi connectivity index (χ4n) is 3.36. The lowest BCUT2D eigenvalue weighted by Gasteiger charge is -2.36.